The molecule has 0 atom stereocenters. The smallest absolute Gasteiger partial charge is 0.156 e. The molecule has 4 heteroatoms. The van der Waals surface area contributed by atoms with Crippen LogP contribution < -0.4 is 0 Å². The number of alkyl halides is 1. The fourth-order valence-corrected chi connectivity index (χ4v) is 0.553. The van der Waals surface area contributed by atoms with Gasteiger partial charge in [-0.05, 0) is 0 Å². The molecule has 0 amide bonds. The van der Waals surface area contributed by atoms with Crippen molar-refractivity contribution in [3.63, 3.8) is 0 Å². The normalized spacial score (nSPS) is 10.0. The molecule has 1 N–H and O–H groups in total. The summed E-state index contributed by atoms with van der Waals surface area (Å²) in [6.07, 6.45) is 0.747. The first-order valence-electron chi connectivity index (χ1n) is 2.83. The van der Waals surface area contributed by atoms with Gasteiger partial charge in [-0.3, -0.25) is 5.10 Å². The van der Waals surface area contributed by atoms with Crippen molar-refractivity contribution in [3.8, 4) is 0 Å². The molecule has 0 spiro atoms. The molecule has 0 aliphatic carbocycles. The Morgan fingerprint density at radius 3 is 2.78 bits per heavy atom. The van der Waals surface area contributed by atoms with Gasteiger partial charge < -0.3 is 0 Å². The van der Waals surface area contributed by atoms with Crippen molar-refractivity contribution < 1.29 is 4.39 Å². The molecular formula is C5H8FN3. The van der Waals surface area contributed by atoms with Gasteiger partial charge in [-0.1, -0.05) is 6.92 Å². The molecular weight excluding hydrogens is 121 g/mol. The molecule has 0 aromatic carbocycles. The van der Waals surface area contributed by atoms with Crippen molar-refractivity contribution in [2.75, 3.05) is 0 Å². The highest BCUT2D eigenvalue weighted by Gasteiger charge is 1.97. The summed E-state index contributed by atoms with van der Waals surface area (Å²) in [6.45, 7) is 1.36. The van der Waals surface area contributed by atoms with Gasteiger partial charge in [-0.25, -0.2) is 9.37 Å². The van der Waals surface area contributed by atoms with Crippen LogP contribution in [0.4, 0.5) is 4.39 Å². The van der Waals surface area contributed by atoms with Crippen molar-refractivity contribution in [2.24, 2.45) is 0 Å². The molecule has 3 nitrogen and oxygen atoms in total. The quantitative estimate of drug-likeness (QED) is 0.642. The second-order valence-corrected chi connectivity index (χ2v) is 1.69. The minimum Gasteiger partial charge on any atom is -0.261 e. The molecule has 0 aliphatic rings. The van der Waals surface area contributed by atoms with E-state index in [1.807, 2.05) is 6.92 Å². The van der Waals surface area contributed by atoms with Crippen molar-refractivity contribution in [1.29, 1.82) is 0 Å². The van der Waals surface area contributed by atoms with Crippen molar-refractivity contribution in [1.82, 2.24) is 15.2 Å². The Morgan fingerprint density at radius 2 is 2.44 bits per heavy atom. The maximum Gasteiger partial charge on any atom is 0.156 e. The molecule has 0 unspecified atom stereocenters. The first kappa shape index (κ1) is 6.19. The average molecular weight is 129 g/mol. The monoisotopic (exact) mass is 129 g/mol. The molecule has 1 rings (SSSR count). The highest BCUT2D eigenvalue weighted by Crippen LogP contribution is 1.93. The summed E-state index contributed by atoms with van der Waals surface area (Å²) in [7, 11) is 0. The minimum atomic E-state index is -0.562. The molecule has 0 aliphatic heterocycles. The predicted molar refractivity (Wildman–Crippen MR) is 30.6 cm³/mol. The van der Waals surface area contributed by atoms with Crippen molar-refractivity contribution in [2.45, 2.75) is 20.0 Å². The van der Waals surface area contributed by atoms with Crippen LogP contribution in [0, 0.1) is 0 Å². The molecule has 1 aromatic heterocycles. The Balaban J connectivity index is 2.74. The molecule has 0 fully saturated rings. The third-order valence-corrected chi connectivity index (χ3v) is 1.02. The fraction of sp³-hybridized carbons (Fsp3) is 0.600. The van der Waals surface area contributed by atoms with E-state index in [2.05, 4.69) is 15.2 Å². The van der Waals surface area contributed by atoms with E-state index in [4.69, 9.17) is 0 Å². The van der Waals surface area contributed by atoms with Gasteiger partial charge in [-0.2, -0.15) is 5.10 Å². The summed E-state index contributed by atoms with van der Waals surface area (Å²) in [5, 5.41) is 6.20. The number of hydrogen-bond acceptors (Lipinski definition) is 2. The maximum absolute atomic E-state index is 11.7. The molecule has 1 aromatic rings. The van der Waals surface area contributed by atoms with E-state index >= 15 is 0 Å². The van der Waals surface area contributed by atoms with Gasteiger partial charge in [0.25, 0.3) is 0 Å². The number of halogens is 1. The van der Waals surface area contributed by atoms with E-state index in [9.17, 15) is 4.39 Å². The zero-order chi connectivity index (χ0) is 6.69. The summed E-state index contributed by atoms with van der Waals surface area (Å²) < 4.78 is 11.7. The first-order chi connectivity index (χ1) is 4.36. The minimum absolute atomic E-state index is 0.312. The van der Waals surface area contributed by atoms with Gasteiger partial charge in [0.15, 0.2) is 11.6 Å². The van der Waals surface area contributed by atoms with Gasteiger partial charge in [0, 0.05) is 6.42 Å². The Labute approximate surface area is 52.3 Å². The van der Waals surface area contributed by atoms with Gasteiger partial charge in [0.1, 0.15) is 6.67 Å². The van der Waals surface area contributed by atoms with Gasteiger partial charge in [0.05, 0.1) is 0 Å². The fourth-order valence-electron chi connectivity index (χ4n) is 0.553. The second-order valence-electron chi connectivity index (χ2n) is 1.69. The summed E-state index contributed by atoms with van der Waals surface area (Å²) in [5.74, 6) is 0.981. The van der Waals surface area contributed by atoms with Crippen LogP contribution in [0.25, 0.3) is 0 Å². The van der Waals surface area contributed by atoms with E-state index in [1.54, 1.807) is 0 Å². The molecule has 50 valence electrons. The van der Waals surface area contributed by atoms with E-state index in [0.717, 1.165) is 6.42 Å². The molecule has 1 heterocycles. The van der Waals surface area contributed by atoms with Crippen molar-refractivity contribution in [3.05, 3.63) is 11.6 Å². The molecule has 0 saturated carbocycles. The Hall–Kier alpha value is -0.930. The van der Waals surface area contributed by atoms with Crippen LogP contribution in [0.15, 0.2) is 0 Å². The molecule has 0 bridgehead atoms. The lowest BCUT2D eigenvalue weighted by molar-refractivity contribution is 0.466. The Kier molecular flexibility index (Phi) is 1.77. The van der Waals surface area contributed by atoms with Crippen LogP contribution in [0.3, 0.4) is 0 Å². The lowest BCUT2D eigenvalue weighted by atomic mass is 10.5. The number of aryl methyl sites for hydroxylation is 1. The molecule has 0 saturated heterocycles. The summed E-state index contributed by atoms with van der Waals surface area (Å²) >= 11 is 0. The third-order valence-electron chi connectivity index (χ3n) is 1.02. The number of aromatic amines is 1. The topological polar surface area (TPSA) is 41.6 Å². The standard InChI is InChI=1S/C5H8FN3/c1-2-4-7-5(3-6)9-8-4/h2-3H2,1H3,(H,7,8,9). The SMILES string of the molecule is CCc1n[nH]c(CF)n1. The third kappa shape index (κ3) is 1.25. The van der Waals surface area contributed by atoms with Gasteiger partial charge >= 0.3 is 0 Å². The van der Waals surface area contributed by atoms with Gasteiger partial charge in [0.2, 0.25) is 0 Å². The highest BCUT2D eigenvalue weighted by molar-refractivity contribution is 4.87. The van der Waals surface area contributed by atoms with E-state index in [1.165, 1.54) is 0 Å². The van der Waals surface area contributed by atoms with E-state index in [0.29, 0.717) is 11.6 Å². The molecule has 9 heavy (non-hydrogen) atoms. The second kappa shape index (κ2) is 2.57. The van der Waals surface area contributed by atoms with E-state index in [-0.39, 0.29) is 0 Å². The number of nitrogens with one attached hydrogen (secondary N) is 1. The van der Waals surface area contributed by atoms with Crippen molar-refractivity contribution >= 4 is 0 Å². The van der Waals surface area contributed by atoms with Crippen LogP contribution in [-0.2, 0) is 13.1 Å². The number of hydrogen-bond donors (Lipinski definition) is 1. The summed E-state index contributed by atoms with van der Waals surface area (Å²) in [6, 6.07) is 0. The summed E-state index contributed by atoms with van der Waals surface area (Å²) in [5.41, 5.74) is 0. The lowest BCUT2D eigenvalue weighted by Crippen LogP contribution is -1.82. The van der Waals surface area contributed by atoms with Gasteiger partial charge in [-0.15, -0.1) is 0 Å². The maximum atomic E-state index is 11.7. The van der Waals surface area contributed by atoms with Crippen LogP contribution >= 0.6 is 0 Å². The lowest BCUT2D eigenvalue weighted by Gasteiger charge is -1.78. The van der Waals surface area contributed by atoms with Crippen LogP contribution in [0.1, 0.15) is 18.6 Å². The van der Waals surface area contributed by atoms with Crippen LogP contribution in [0.5, 0.6) is 0 Å². The highest BCUT2D eigenvalue weighted by atomic mass is 19.1. The number of aromatic nitrogens is 3. The number of nitrogens with zero attached hydrogens (tertiary/aromatic N) is 2. The first-order valence-corrected chi connectivity index (χ1v) is 2.83. The summed E-state index contributed by atoms with van der Waals surface area (Å²) in [4.78, 5) is 3.81. The number of rotatable bonds is 2. The molecule has 0 radical (unpaired) electrons. The average Bonchev–Trinajstić information content (AvgIpc) is 2.34. The zero-order valence-electron chi connectivity index (χ0n) is 5.19. The van der Waals surface area contributed by atoms with E-state index < -0.39 is 6.67 Å². The predicted octanol–water partition coefficient (Wildman–Crippen LogP) is 0.837. The number of H-pyrrole nitrogens is 1. The zero-order valence-corrected chi connectivity index (χ0v) is 5.19. The van der Waals surface area contributed by atoms with Crippen LogP contribution in [0.2, 0.25) is 0 Å². The Bertz CT molecular complexity index is 166. The Morgan fingerprint density at radius 1 is 1.67 bits per heavy atom. The van der Waals surface area contributed by atoms with Crippen LogP contribution in [-0.4, -0.2) is 15.2 Å². The largest absolute Gasteiger partial charge is 0.261 e.